The summed E-state index contributed by atoms with van der Waals surface area (Å²) in [6, 6.07) is 2.41. The fourth-order valence-corrected chi connectivity index (χ4v) is 2.39. The molecule has 1 aromatic carbocycles. The average Bonchev–Trinajstić information content (AvgIpc) is 2.32. The van der Waals surface area contributed by atoms with Crippen molar-refractivity contribution in [3.8, 4) is 0 Å². The highest BCUT2D eigenvalue weighted by Gasteiger charge is 2.15. The van der Waals surface area contributed by atoms with Gasteiger partial charge in [-0.1, -0.05) is 15.9 Å². The molecule has 0 aliphatic rings. The Morgan fingerprint density at radius 3 is 2.56 bits per heavy atom. The van der Waals surface area contributed by atoms with Gasteiger partial charge in [0.2, 0.25) is 10.0 Å². The fraction of sp³-hybridized carbons (Fsp3) is 0.400. The van der Waals surface area contributed by atoms with Crippen LogP contribution in [0.4, 0.5) is 8.78 Å². The molecule has 0 bridgehead atoms. The summed E-state index contributed by atoms with van der Waals surface area (Å²) >= 11 is 3.15. The molecule has 0 saturated carbocycles. The van der Waals surface area contributed by atoms with E-state index >= 15 is 0 Å². The third-order valence-electron chi connectivity index (χ3n) is 1.96. The first kappa shape index (κ1) is 15.5. The number of halogens is 3. The van der Waals surface area contributed by atoms with Crippen LogP contribution in [0.15, 0.2) is 23.1 Å². The molecule has 0 spiro atoms. The molecule has 18 heavy (non-hydrogen) atoms. The lowest BCUT2D eigenvalue weighted by atomic mass is 10.3. The Morgan fingerprint density at radius 1 is 1.22 bits per heavy atom. The topological polar surface area (TPSA) is 55.4 Å². The minimum absolute atomic E-state index is 0.0638. The van der Waals surface area contributed by atoms with Gasteiger partial charge in [0.25, 0.3) is 0 Å². The van der Waals surface area contributed by atoms with Gasteiger partial charge in [0, 0.05) is 11.9 Å². The lowest BCUT2D eigenvalue weighted by Crippen LogP contribution is -2.27. The Hall–Kier alpha value is -0.570. The maximum Gasteiger partial charge on any atom is 0.240 e. The molecule has 0 aliphatic heterocycles. The third kappa shape index (κ3) is 4.60. The number of sulfonamides is 1. The zero-order valence-corrected chi connectivity index (χ0v) is 11.7. The summed E-state index contributed by atoms with van der Waals surface area (Å²) in [5.74, 6) is -2.29. The Bertz CT molecular complexity index is 496. The highest BCUT2D eigenvalue weighted by Crippen LogP contribution is 2.13. The molecule has 8 heteroatoms. The Balaban J connectivity index is 2.60. The fourth-order valence-electron chi connectivity index (χ4n) is 1.13. The Morgan fingerprint density at radius 2 is 1.94 bits per heavy atom. The first-order valence-corrected chi connectivity index (χ1v) is 7.66. The van der Waals surface area contributed by atoms with E-state index in [0.29, 0.717) is 18.0 Å². The Labute approximate surface area is 113 Å². The van der Waals surface area contributed by atoms with Crippen LogP contribution in [0.1, 0.15) is 0 Å². The van der Waals surface area contributed by atoms with Gasteiger partial charge in [-0.05, 0) is 18.2 Å². The van der Waals surface area contributed by atoms with Crippen molar-refractivity contribution in [2.24, 2.45) is 0 Å². The summed E-state index contributed by atoms with van der Waals surface area (Å²) in [6.07, 6.45) is 0. The largest absolute Gasteiger partial charge is 0.379 e. The van der Waals surface area contributed by atoms with Crippen molar-refractivity contribution in [1.29, 1.82) is 0 Å². The van der Waals surface area contributed by atoms with Crippen LogP contribution in [-0.2, 0) is 14.8 Å². The number of hydrogen-bond donors (Lipinski definition) is 1. The van der Waals surface area contributed by atoms with E-state index < -0.39 is 21.7 Å². The second kappa shape index (κ2) is 7.13. The second-order valence-corrected chi connectivity index (χ2v) is 5.83. The van der Waals surface area contributed by atoms with Crippen molar-refractivity contribution in [3.63, 3.8) is 0 Å². The maximum atomic E-state index is 12.9. The minimum Gasteiger partial charge on any atom is -0.379 e. The van der Waals surface area contributed by atoms with Crippen molar-refractivity contribution in [1.82, 2.24) is 4.72 Å². The van der Waals surface area contributed by atoms with E-state index in [1.54, 1.807) is 0 Å². The number of rotatable bonds is 7. The molecule has 1 rings (SSSR count). The van der Waals surface area contributed by atoms with E-state index in [1.807, 2.05) is 0 Å². The van der Waals surface area contributed by atoms with Crippen molar-refractivity contribution >= 4 is 26.0 Å². The lowest BCUT2D eigenvalue weighted by Gasteiger charge is -2.07. The molecule has 0 fully saturated rings. The van der Waals surface area contributed by atoms with Gasteiger partial charge in [-0.3, -0.25) is 0 Å². The minimum atomic E-state index is -3.84. The van der Waals surface area contributed by atoms with Gasteiger partial charge in [0.05, 0.1) is 18.1 Å². The predicted octanol–water partition coefficient (Wildman–Crippen LogP) is 1.65. The zero-order valence-electron chi connectivity index (χ0n) is 9.33. The molecule has 0 aromatic heterocycles. The second-order valence-electron chi connectivity index (χ2n) is 3.28. The number of alkyl halides is 1. The molecule has 4 nitrogen and oxygen atoms in total. The highest BCUT2D eigenvalue weighted by molar-refractivity contribution is 9.09. The van der Waals surface area contributed by atoms with Crippen molar-refractivity contribution in [2.45, 2.75) is 4.90 Å². The molecule has 0 aliphatic carbocycles. The monoisotopic (exact) mass is 343 g/mol. The van der Waals surface area contributed by atoms with Gasteiger partial charge in [0.1, 0.15) is 0 Å². The summed E-state index contributed by atoms with van der Waals surface area (Å²) in [5, 5.41) is 0.656. The van der Waals surface area contributed by atoms with Gasteiger partial charge in [-0.2, -0.15) is 0 Å². The van der Waals surface area contributed by atoms with Gasteiger partial charge < -0.3 is 4.74 Å². The number of hydrogen-bond acceptors (Lipinski definition) is 3. The third-order valence-corrected chi connectivity index (χ3v) is 3.74. The van der Waals surface area contributed by atoms with Crippen LogP contribution in [0.25, 0.3) is 0 Å². The van der Waals surface area contributed by atoms with Crippen LogP contribution in [0, 0.1) is 11.6 Å². The molecule has 0 unspecified atom stereocenters. The van der Waals surface area contributed by atoms with Gasteiger partial charge in [0.15, 0.2) is 11.6 Å². The van der Waals surface area contributed by atoms with E-state index in [-0.39, 0.29) is 18.0 Å². The van der Waals surface area contributed by atoms with E-state index in [2.05, 4.69) is 20.7 Å². The van der Waals surface area contributed by atoms with Crippen LogP contribution in [-0.4, -0.2) is 33.5 Å². The molecule has 0 heterocycles. The molecule has 1 N–H and O–H groups in total. The summed E-state index contributed by atoms with van der Waals surface area (Å²) in [5.41, 5.74) is 0. The first-order chi connectivity index (χ1) is 8.47. The molecule has 0 atom stereocenters. The van der Waals surface area contributed by atoms with Crippen molar-refractivity contribution < 1.29 is 21.9 Å². The van der Waals surface area contributed by atoms with Gasteiger partial charge in [-0.25, -0.2) is 21.9 Å². The maximum absolute atomic E-state index is 12.9. The SMILES string of the molecule is O=S(=O)(NCCOCCBr)c1ccc(F)c(F)c1. The highest BCUT2D eigenvalue weighted by atomic mass is 79.9. The molecular formula is C10H12BrF2NO3S. The molecule has 102 valence electrons. The van der Waals surface area contributed by atoms with Gasteiger partial charge in [-0.15, -0.1) is 0 Å². The molecule has 0 radical (unpaired) electrons. The van der Waals surface area contributed by atoms with E-state index in [1.165, 1.54) is 0 Å². The summed E-state index contributed by atoms with van der Waals surface area (Å²) in [7, 11) is -3.84. The average molecular weight is 344 g/mol. The summed E-state index contributed by atoms with van der Waals surface area (Å²) < 4.78 is 56.2. The van der Waals surface area contributed by atoms with Crippen molar-refractivity contribution in [3.05, 3.63) is 29.8 Å². The summed E-state index contributed by atoms with van der Waals surface area (Å²) in [4.78, 5) is -0.318. The molecule has 0 amide bonds. The van der Waals surface area contributed by atoms with E-state index in [0.717, 1.165) is 12.1 Å². The van der Waals surface area contributed by atoms with Crippen LogP contribution < -0.4 is 4.72 Å². The smallest absolute Gasteiger partial charge is 0.240 e. The quantitative estimate of drug-likeness (QED) is 0.605. The van der Waals surface area contributed by atoms with E-state index in [4.69, 9.17) is 4.74 Å². The van der Waals surface area contributed by atoms with Gasteiger partial charge >= 0.3 is 0 Å². The number of ether oxygens (including phenoxy) is 1. The summed E-state index contributed by atoms with van der Waals surface area (Å²) in [6.45, 7) is 0.732. The normalized spacial score (nSPS) is 11.7. The van der Waals surface area contributed by atoms with Crippen LogP contribution in [0.2, 0.25) is 0 Å². The lowest BCUT2D eigenvalue weighted by molar-refractivity contribution is 0.156. The van der Waals surface area contributed by atoms with Crippen molar-refractivity contribution in [2.75, 3.05) is 25.1 Å². The van der Waals surface area contributed by atoms with Crippen LogP contribution in [0.3, 0.4) is 0 Å². The zero-order chi connectivity index (χ0) is 13.6. The Kier molecular flexibility index (Phi) is 6.13. The molecule has 1 aromatic rings. The van der Waals surface area contributed by atoms with Crippen LogP contribution in [0.5, 0.6) is 0 Å². The number of nitrogens with one attached hydrogen (secondary N) is 1. The van der Waals surface area contributed by atoms with Crippen LogP contribution >= 0.6 is 15.9 Å². The first-order valence-electron chi connectivity index (χ1n) is 5.06. The van der Waals surface area contributed by atoms with E-state index in [9.17, 15) is 17.2 Å². The molecular weight excluding hydrogens is 332 g/mol. The number of benzene rings is 1. The standard InChI is InChI=1S/C10H12BrF2NO3S/c11-3-5-17-6-4-14-18(15,16)8-1-2-9(12)10(13)7-8/h1-2,7,14H,3-6H2. The predicted molar refractivity (Wildman–Crippen MR) is 66.2 cm³/mol. The molecule has 0 saturated heterocycles.